The van der Waals surface area contributed by atoms with Gasteiger partial charge in [-0.05, 0) is 50.8 Å². The van der Waals surface area contributed by atoms with E-state index in [-0.39, 0.29) is 11.9 Å². The number of carbonyl (C=O) groups is 2. The van der Waals surface area contributed by atoms with Crippen LogP contribution in [0.4, 0.5) is 5.69 Å². The van der Waals surface area contributed by atoms with Gasteiger partial charge < -0.3 is 5.32 Å². The van der Waals surface area contributed by atoms with Gasteiger partial charge >= 0.3 is 0 Å². The summed E-state index contributed by atoms with van der Waals surface area (Å²) in [6, 6.07) is 7.80. The van der Waals surface area contributed by atoms with E-state index in [9.17, 15) is 9.59 Å². The fourth-order valence-electron chi connectivity index (χ4n) is 3.28. The maximum atomic E-state index is 12.5. The van der Waals surface area contributed by atoms with E-state index in [1.54, 1.807) is 11.6 Å². The third-order valence-corrected chi connectivity index (χ3v) is 5.07. The molecular weight excluding hydrogens is 366 g/mol. The van der Waals surface area contributed by atoms with Gasteiger partial charge in [0.15, 0.2) is 0 Å². The van der Waals surface area contributed by atoms with Gasteiger partial charge in [0.05, 0.1) is 17.0 Å². The van der Waals surface area contributed by atoms with E-state index in [1.165, 1.54) is 0 Å². The SMILES string of the molecule is C=C1C(=O)N=C(n2nc(C)c(CCC(=O)Nc3ccccc3CC)c2C)N=C1C. The van der Waals surface area contributed by atoms with E-state index < -0.39 is 5.91 Å². The number of nitrogens with zero attached hydrogens (tertiary/aromatic N) is 4. The van der Waals surface area contributed by atoms with Crippen LogP contribution in [0.3, 0.4) is 0 Å². The Labute approximate surface area is 170 Å². The minimum Gasteiger partial charge on any atom is -0.326 e. The minimum absolute atomic E-state index is 0.0483. The third kappa shape index (κ3) is 4.23. The van der Waals surface area contributed by atoms with Gasteiger partial charge in [0.2, 0.25) is 5.91 Å². The Kier molecular flexibility index (Phi) is 5.87. The van der Waals surface area contributed by atoms with Gasteiger partial charge in [0.1, 0.15) is 0 Å². The first-order valence-electron chi connectivity index (χ1n) is 9.62. The minimum atomic E-state index is -0.407. The van der Waals surface area contributed by atoms with Crippen molar-refractivity contribution in [2.24, 2.45) is 9.98 Å². The standard InChI is InChI=1S/C22H25N5O2/c1-6-17-9-7-8-10-19(17)24-20(28)12-11-18-15(4)26-27(16(18)5)22-23-14(3)13(2)21(29)25-22/h7-10H,2,6,11-12H2,1,3-5H3,(H,24,28). The van der Waals surface area contributed by atoms with Crippen LogP contribution >= 0.6 is 0 Å². The normalized spacial score (nSPS) is 13.9. The van der Waals surface area contributed by atoms with Crippen LogP contribution in [0.2, 0.25) is 0 Å². The number of rotatable bonds is 5. The lowest BCUT2D eigenvalue weighted by atomic mass is 10.1. The molecule has 3 rings (SSSR count). The quantitative estimate of drug-likeness (QED) is 0.792. The molecule has 29 heavy (non-hydrogen) atoms. The number of amides is 2. The smallest absolute Gasteiger partial charge is 0.281 e. The number of nitrogens with one attached hydrogen (secondary N) is 1. The number of hydrogen-bond acceptors (Lipinski definition) is 4. The number of aromatic nitrogens is 2. The van der Waals surface area contributed by atoms with E-state index >= 15 is 0 Å². The number of aliphatic imine (C=N–C) groups is 2. The monoisotopic (exact) mass is 391 g/mol. The van der Waals surface area contributed by atoms with E-state index in [4.69, 9.17) is 0 Å². The molecular formula is C22H25N5O2. The Bertz CT molecular complexity index is 1060. The molecule has 1 aromatic carbocycles. The Morgan fingerprint density at radius 3 is 2.59 bits per heavy atom. The van der Waals surface area contributed by atoms with E-state index in [2.05, 4.69) is 33.9 Å². The van der Waals surface area contributed by atoms with Crippen molar-refractivity contribution in [3.8, 4) is 0 Å². The first-order chi connectivity index (χ1) is 13.8. The number of hydrogen-bond donors (Lipinski definition) is 1. The van der Waals surface area contributed by atoms with Crippen molar-refractivity contribution in [3.05, 3.63) is 58.9 Å². The van der Waals surface area contributed by atoms with Crippen molar-refractivity contribution in [1.82, 2.24) is 9.78 Å². The van der Waals surface area contributed by atoms with Crippen LogP contribution in [-0.2, 0) is 22.4 Å². The number of para-hydroxylation sites is 1. The first-order valence-corrected chi connectivity index (χ1v) is 9.62. The van der Waals surface area contributed by atoms with Gasteiger partial charge in [-0.15, -0.1) is 0 Å². The molecule has 7 nitrogen and oxygen atoms in total. The van der Waals surface area contributed by atoms with Gasteiger partial charge in [0, 0.05) is 17.8 Å². The Morgan fingerprint density at radius 2 is 1.90 bits per heavy atom. The zero-order chi connectivity index (χ0) is 21.1. The molecule has 0 spiro atoms. The summed E-state index contributed by atoms with van der Waals surface area (Å²) in [5.41, 5.74) is 5.34. The molecule has 1 aliphatic rings. The zero-order valence-electron chi connectivity index (χ0n) is 17.2. The van der Waals surface area contributed by atoms with Crippen molar-refractivity contribution < 1.29 is 9.59 Å². The lowest BCUT2D eigenvalue weighted by Gasteiger charge is -2.11. The highest BCUT2D eigenvalue weighted by Crippen LogP contribution is 2.19. The highest BCUT2D eigenvalue weighted by Gasteiger charge is 2.22. The molecule has 0 unspecified atom stereocenters. The molecule has 1 aliphatic heterocycles. The average Bonchev–Trinajstić information content (AvgIpc) is 2.98. The molecule has 0 atom stereocenters. The summed E-state index contributed by atoms with van der Waals surface area (Å²) >= 11 is 0. The van der Waals surface area contributed by atoms with Crippen LogP contribution in [0.5, 0.6) is 0 Å². The molecule has 2 heterocycles. The number of aryl methyl sites for hydroxylation is 2. The molecule has 2 amide bonds. The molecule has 0 saturated heterocycles. The highest BCUT2D eigenvalue weighted by molar-refractivity contribution is 6.27. The van der Waals surface area contributed by atoms with Gasteiger partial charge in [-0.1, -0.05) is 31.7 Å². The molecule has 150 valence electrons. The molecule has 0 saturated carbocycles. The van der Waals surface area contributed by atoms with Crippen molar-refractivity contribution in [1.29, 1.82) is 0 Å². The molecule has 0 fully saturated rings. The van der Waals surface area contributed by atoms with Gasteiger partial charge in [-0.25, -0.2) is 9.67 Å². The van der Waals surface area contributed by atoms with Crippen LogP contribution in [-0.4, -0.2) is 33.3 Å². The van der Waals surface area contributed by atoms with Crippen LogP contribution in [0.1, 0.15) is 42.8 Å². The summed E-state index contributed by atoms with van der Waals surface area (Å²) in [7, 11) is 0. The third-order valence-electron chi connectivity index (χ3n) is 5.07. The predicted molar refractivity (Wildman–Crippen MR) is 115 cm³/mol. The van der Waals surface area contributed by atoms with Crippen molar-refractivity contribution in [2.45, 2.75) is 47.0 Å². The maximum Gasteiger partial charge on any atom is 0.281 e. The maximum absolute atomic E-state index is 12.5. The summed E-state index contributed by atoms with van der Waals surface area (Å²) in [6.07, 6.45) is 1.72. The van der Waals surface area contributed by atoms with E-state index in [0.29, 0.717) is 24.1 Å². The molecule has 2 aromatic rings. The Morgan fingerprint density at radius 1 is 1.17 bits per heavy atom. The van der Waals surface area contributed by atoms with Crippen LogP contribution in [0, 0.1) is 13.8 Å². The second-order valence-corrected chi connectivity index (χ2v) is 7.01. The lowest BCUT2D eigenvalue weighted by Crippen LogP contribution is -2.23. The topological polar surface area (TPSA) is 88.7 Å². The fraction of sp³-hybridized carbons (Fsp3) is 0.318. The second kappa shape index (κ2) is 8.34. The fourth-order valence-corrected chi connectivity index (χ4v) is 3.28. The van der Waals surface area contributed by atoms with Crippen LogP contribution in [0.25, 0.3) is 0 Å². The zero-order valence-corrected chi connectivity index (χ0v) is 17.2. The number of anilines is 1. The Hall–Kier alpha value is -3.35. The van der Waals surface area contributed by atoms with Crippen LogP contribution in [0.15, 0.2) is 46.4 Å². The summed E-state index contributed by atoms with van der Waals surface area (Å²) in [4.78, 5) is 32.8. The van der Waals surface area contributed by atoms with Crippen molar-refractivity contribution in [3.63, 3.8) is 0 Å². The summed E-state index contributed by atoms with van der Waals surface area (Å²) in [6.45, 7) is 11.2. The van der Waals surface area contributed by atoms with Gasteiger partial charge in [0.25, 0.3) is 11.9 Å². The highest BCUT2D eigenvalue weighted by atomic mass is 16.2. The second-order valence-electron chi connectivity index (χ2n) is 7.01. The first kappa shape index (κ1) is 20.4. The molecule has 0 bridgehead atoms. The number of benzene rings is 1. The average molecular weight is 391 g/mol. The van der Waals surface area contributed by atoms with E-state index in [1.807, 2.05) is 38.1 Å². The van der Waals surface area contributed by atoms with Crippen molar-refractivity contribution >= 4 is 29.2 Å². The summed E-state index contributed by atoms with van der Waals surface area (Å²) in [5.74, 6) is -0.226. The molecule has 1 aromatic heterocycles. The largest absolute Gasteiger partial charge is 0.326 e. The number of carbonyl (C=O) groups excluding carboxylic acids is 2. The molecule has 7 heteroatoms. The molecule has 1 N–H and O–H groups in total. The van der Waals surface area contributed by atoms with Crippen LogP contribution < -0.4 is 5.32 Å². The molecule has 0 radical (unpaired) electrons. The van der Waals surface area contributed by atoms with Crippen molar-refractivity contribution in [2.75, 3.05) is 5.32 Å². The Balaban J connectivity index is 1.74. The van der Waals surface area contributed by atoms with Gasteiger partial charge in [-0.2, -0.15) is 10.1 Å². The van der Waals surface area contributed by atoms with Gasteiger partial charge in [-0.3, -0.25) is 9.59 Å². The predicted octanol–water partition coefficient (Wildman–Crippen LogP) is 3.40. The molecule has 0 aliphatic carbocycles. The summed E-state index contributed by atoms with van der Waals surface area (Å²) in [5, 5.41) is 7.47. The van der Waals surface area contributed by atoms with E-state index in [0.717, 1.165) is 34.6 Å². The lowest BCUT2D eigenvalue weighted by molar-refractivity contribution is -0.116. The summed E-state index contributed by atoms with van der Waals surface area (Å²) < 4.78 is 1.56.